The quantitative estimate of drug-likeness (QED) is 0.613. The van der Waals surface area contributed by atoms with E-state index in [4.69, 9.17) is 14.0 Å². The highest BCUT2D eigenvalue weighted by Gasteiger charge is 2.51. The fraction of sp³-hybridized carbons (Fsp3) is 0.708. The molecule has 0 spiro atoms. The molecule has 168 valence electrons. The largest absolute Gasteiger partial charge is 0.494 e. The van der Waals surface area contributed by atoms with Crippen molar-refractivity contribution in [3.63, 3.8) is 0 Å². The molecule has 6 heteroatoms. The molecule has 5 nitrogen and oxygen atoms in total. The highest BCUT2D eigenvalue weighted by Crippen LogP contribution is 2.36. The number of likely N-dealkylation sites (N-methyl/N-ethyl adjacent to an activating group) is 1. The number of rotatable bonds is 6. The van der Waals surface area contributed by atoms with Gasteiger partial charge < -0.3 is 18.9 Å². The van der Waals surface area contributed by atoms with Gasteiger partial charge in [-0.25, -0.2) is 4.79 Å². The van der Waals surface area contributed by atoms with Crippen LogP contribution in [-0.4, -0.2) is 48.0 Å². The molecule has 30 heavy (non-hydrogen) atoms. The van der Waals surface area contributed by atoms with Gasteiger partial charge >= 0.3 is 13.2 Å². The van der Waals surface area contributed by atoms with Gasteiger partial charge in [-0.15, -0.1) is 0 Å². The second kappa shape index (κ2) is 8.92. The Bertz CT molecular complexity index is 706. The molecule has 0 bridgehead atoms. The van der Waals surface area contributed by atoms with E-state index in [0.29, 0.717) is 19.0 Å². The fourth-order valence-electron chi connectivity index (χ4n) is 3.48. The molecule has 1 heterocycles. The minimum Gasteiger partial charge on any atom is -0.444 e. The third kappa shape index (κ3) is 5.79. The van der Waals surface area contributed by atoms with E-state index in [-0.39, 0.29) is 30.3 Å². The summed E-state index contributed by atoms with van der Waals surface area (Å²) in [5.74, 6) is 0.592. The van der Waals surface area contributed by atoms with Crippen LogP contribution in [0.25, 0.3) is 0 Å². The van der Waals surface area contributed by atoms with Crippen LogP contribution in [0.15, 0.2) is 24.3 Å². The lowest BCUT2D eigenvalue weighted by molar-refractivity contribution is 0.00578. The molecular weight excluding hydrogens is 377 g/mol. The molecule has 0 aliphatic carbocycles. The van der Waals surface area contributed by atoms with Crippen LogP contribution in [-0.2, 0) is 14.0 Å². The maximum absolute atomic E-state index is 12.6. The minimum atomic E-state index is -0.498. The molecule has 1 aromatic rings. The van der Waals surface area contributed by atoms with E-state index in [0.717, 1.165) is 5.46 Å². The molecule has 0 saturated carbocycles. The predicted octanol–water partition coefficient (Wildman–Crippen LogP) is 4.98. The standard InChI is InChI=1S/C24H40BNO4/c1-11-26(21(27)28-22(4,5)6)16-20(17(2)3)18-12-14-19(15-13-18)25-29-23(7,8)24(9,10)30-25/h12-15,17,20H,11,16H2,1-10H3. The van der Waals surface area contributed by atoms with Crippen LogP contribution in [0.5, 0.6) is 0 Å². The van der Waals surface area contributed by atoms with Crippen LogP contribution in [0.3, 0.4) is 0 Å². The van der Waals surface area contributed by atoms with E-state index in [1.807, 2.05) is 27.7 Å². The number of carbonyl (C=O) groups is 1. The molecular formula is C24H40BNO4. The molecule has 1 aliphatic heterocycles. The van der Waals surface area contributed by atoms with Gasteiger partial charge in [-0.05, 0) is 72.3 Å². The van der Waals surface area contributed by atoms with Crippen molar-refractivity contribution in [3.8, 4) is 0 Å². The Morgan fingerprint density at radius 2 is 1.57 bits per heavy atom. The van der Waals surface area contributed by atoms with E-state index in [2.05, 4.69) is 65.8 Å². The average Bonchev–Trinajstić information content (AvgIpc) is 2.81. The number of ether oxygens (including phenoxy) is 1. The summed E-state index contributed by atoms with van der Waals surface area (Å²) < 4.78 is 17.9. The van der Waals surface area contributed by atoms with Crippen molar-refractivity contribution in [1.82, 2.24) is 4.90 Å². The molecule has 1 unspecified atom stereocenters. The highest BCUT2D eigenvalue weighted by atomic mass is 16.7. The molecule has 1 aromatic carbocycles. The predicted molar refractivity (Wildman–Crippen MR) is 123 cm³/mol. The number of carbonyl (C=O) groups excluding carboxylic acids is 1. The Balaban J connectivity index is 2.16. The first kappa shape index (κ1) is 24.7. The average molecular weight is 417 g/mol. The van der Waals surface area contributed by atoms with Crippen LogP contribution in [0.4, 0.5) is 4.79 Å². The Kier molecular flexibility index (Phi) is 7.35. The number of hydrogen-bond acceptors (Lipinski definition) is 4. The van der Waals surface area contributed by atoms with Crippen molar-refractivity contribution in [2.24, 2.45) is 5.92 Å². The first-order chi connectivity index (χ1) is 13.7. The molecule has 1 atom stereocenters. The Morgan fingerprint density at radius 1 is 1.07 bits per heavy atom. The zero-order valence-corrected chi connectivity index (χ0v) is 20.5. The number of amides is 1. The van der Waals surface area contributed by atoms with Gasteiger partial charge in [-0.3, -0.25) is 0 Å². The Labute approximate surface area is 183 Å². The van der Waals surface area contributed by atoms with Gasteiger partial charge in [0.15, 0.2) is 0 Å². The maximum Gasteiger partial charge on any atom is 0.494 e. The highest BCUT2D eigenvalue weighted by molar-refractivity contribution is 6.62. The maximum atomic E-state index is 12.6. The number of benzene rings is 1. The molecule has 0 aromatic heterocycles. The Morgan fingerprint density at radius 3 is 1.97 bits per heavy atom. The summed E-state index contributed by atoms with van der Waals surface area (Å²) >= 11 is 0. The summed E-state index contributed by atoms with van der Waals surface area (Å²) in [5.41, 5.74) is 1.01. The normalized spacial score (nSPS) is 19.1. The molecule has 2 rings (SSSR count). The van der Waals surface area contributed by atoms with Gasteiger partial charge in [-0.2, -0.15) is 0 Å². The summed E-state index contributed by atoms with van der Waals surface area (Å²) in [7, 11) is -0.365. The summed E-state index contributed by atoms with van der Waals surface area (Å²) in [6.07, 6.45) is -0.260. The molecule has 1 amide bonds. The van der Waals surface area contributed by atoms with Gasteiger partial charge in [-0.1, -0.05) is 38.1 Å². The van der Waals surface area contributed by atoms with Crippen molar-refractivity contribution in [1.29, 1.82) is 0 Å². The summed E-state index contributed by atoms with van der Waals surface area (Å²) in [6, 6.07) is 8.43. The zero-order valence-electron chi connectivity index (χ0n) is 20.5. The SMILES string of the molecule is CCN(CC(c1ccc(B2OC(C)(C)C(C)(C)O2)cc1)C(C)C)C(=O)OC(C)(C)C. The second-order valence-corrected chi connectivity index (χ2v) is 10.6. The lowest BCUT2D eigenvalue weighted by Crippen LogP contribution is -2.41. The van der Waals surface area contributed by atoms with E-state index >= 15 is 0 Å². The first-order valence-electron chi connectivity index (χ1n) is 11.1. The summed E-state index contributed by atoms with van der Waals surface area (Å²) in [4.78, 5) is 14.4. The van der Waals surface area contributed by atoms with Crippen molar-refractivity contribution < 1.29 is 18.8 Å². The van der Waals surface area contributed by atoms with Crippen molar-refractivity contribution in [3.05, 3.63) is 29.8 Å². The first-order valence-corrected chi connectivity index (χ1v) is 11.1. The number of nitrogens with zero attached hydrogens (tertiary/aromatic N) is 1. The van der Waals surface area contributed by atoms with Crippen LogP contribution < -0.4 is 5.46 Å². The van der Waals surface area contributed by atoms with E-state index in [9.17, 15) is 4.79 Å². The van der Waals surface area contributed by atoms with Crippen molar-refractivity contribution in [2.45, 2.75) is 92.0 Å². The third-order valence-electron chi connectivity index (χ3n) is 6.15. The van der Waals surface area contributed by atoms with Crippen LogP contribution in [0, 0.1) is 5.92 Å². The van der Waals surface area contributed by atoms with E-state index in [1.165, 1.54) is 5.56 Å². The lowest BCUT2D eigenvalue weighted by Gasteiger charge is -2.32. The zero-order chi connectivity index (χ0) is 22.9. The molecule has 0 N–H and O–H groups in total. The summed E-state index contributed by atoms with van der Waals surface area (Å²) in [5, 5.41) is 0. The third-order valence-corrected chi connectivity index (χ3v) is 6.15. The van der Waals surface area contributed by atoms with Gasteiger partial charge in [0, 0.05) is 19.0 Å². The Hall–Kier alpha value is -1.53. The lowest BCUT2D eigenvalue weighted by atomic mass is 9.77. The smallest absolute Gasteiger partial charge is 0.444 e. The van der Waals surface area contributed by atoms with Gasteiger partial charge in [0.05, 0.1) is 11.2 Å². The minimum absolute atomic E-state index is 0.213. The van der Waals surface area contributed by atoms with Crippen molar-refractivity contribution in [2.75, 3.05) is 13.1 Å². The monoisotopic (exact) mass is 417 g/mol. The van der Waals surface area contributed by atoms with E-state index < -0.39 is 5.60 Å². The summed E-state index contributed by atoms with van der Waals surface area (Å²) in [6.45, 7) is 21.5. The number of hydrogen-bond donors (Lipinski definition) is 0. The topological polar surface area (TPSA) is 48.0 Å². The second-order valence-electron chi connectivity index (χ2n) is 10.6. The molecule has 1 saturated heterocycles. The van der Waals surface area contributed by atoms with Crippen LogP contribution >= 0.6 is 0 Å². The van der Waals surface area contributed by atoms with Crippen molar-refractivity contribution >= 4 is 18.7 Å². The van der Waals surface area contributed by atoms with E-state index in [1.54, 1.807) is 4.90 Å². The molecule has 1 fully saturated rings. The fourth-order valence-corrected chi connectivity index (χ4v) is 3.48. The van der Waals surface area contributed by atoms with Crippen LogP contribution in [0.1, 0.15) is 80.7 Å². The van der Waals surface area contributed by atoms with Gasteiger partial charge in [0.25, 0.3) is 0 Å². The van der Waals surface area contributed by atoms with Gasteiger partial charge in [0.2, 0.25) is 0 Å². The molecule has 0 radical (unpaired) electrons. The molecule has 1 aliphatic rings. The van der Waals surface area contributed by atoms with Gasteiger partial charge in [0.1, 0.15) is 5.60 Å². The van der Waals surface area contributed by atoms with Crippen LogP contribution in [0.2, 0.25) is 0 Å².